The molecule has 0 aliphatic carbocycles. The molecule has 31 heavy (non-hydrogen) atoms. The van der Waals surface area contributed by atoms with Gasteiger partial charge in [-0.15, -0.1) is 4.91 Å². The second-order valence-electron chi connectivity index (χ2n) is 8.25. The van der Waals surface area contributed by atoms with Crippen molar-refractivity contribution in [1.82, 2.24) is 14.7 Å². The Balaban J connectivity index is 1.42. The first-order valence-electron chi connectivity index (χ1n) is 11.0. The molecule has 2 fully saturated rings. The topological polar surface area (TPSA) is 82.2 Å². The van der Waals surface area contributed by atoms with Crippen LogP contribution in [0.1, 0.15) is 18.4 Å². The van der Waals surface area contributed by atoms with Gasteiger partial charge in [-0.1, -0.05) is 30.9 Å². The minimum atomic E-state index is 0.128. The van der Waals surface area contributed by atoms with Crippen molar-refractivity contribution in [3.05, 3.63) is 71.3 Å². The first-order chi connectivity index (χ1) is 15.1. The van der Waals surface area contributed by atoms with E-state index >= 15 is 0 Å². The van der Waals surface area contributed by atoms with Gasteiger partial charge in [0.1, 0.15) is 5.69 Å². The maximum absolute atomic E-state index is 13.0. The fourth-order valence-electron chi connectivity index (χ4n) is 4.34. The van der Waals surface area contributed by atoms with Crippen molar-refractivity contribution in [3.63, 3.8) is 0 Å². The molecule has 166 valence electrons. The fraction of sp³-hybridized carbons (Fsp3) is 0.458. The van der Waals surface area contributed by atoms with E-state index in [1.807, 2.05) is 29.2 Å². The molecule has 0 bridgehead atoms. The van der Waals surface area contributed by atoms with Crippen molar-refractivity contribution in [2.75, 3.05) is 45.8 Å². The molecular weight excluding hydrogens is 390 g/mol. The van der Waals surface area contributed by atoms with Gasteiger partial charge in [0, 0.05) is 45.2 Å². The molecule has 2 aliphatic heterocycles. The number of piperazine rings is 1. The smallest absolute Gasteiger partial charge is 0.225 e. The van der Waals surface area contributed by atoms with Gasteiger partial charge in [0.15, 0.2) is 0 Å². The number of hydrogen-bond donors (Lipinski definition) is 1. The Morgan fingerprint density at radius 2 is 1.74 bits per heavy atom. The van der Waals surface area contributed by atoms with E-state index in [0.717, 1.165) is 76.3 Å². The summed E-state index contributed by atoms with van der Waals surface area (Å²) in [6, 6.07) is 7.38. The van der Waals surface area contributed by atoms with E-state index in [0.29, 0.717) is 11.6 Å². The Bertz CT molecular complexity index is 802. The van der Waals surface area contributed by atoms with E-state index in [2.05, 4.69) is 21.6 Å². The van der Waals surface area contributed by atoms with Gasteiger partial charge in [-0.05, 0) is 66.7 Å². The monoisotopic (exact) mass is 423 g/mol. The lowest BCUT2D eigenvalue weighted by Crippen LogP contribution is -2.51. The number of carbonyl (C=O) groups excluding carboxylic acids is 1. The number of nitroso groups, excluding NO2 is 1. The highest BCUT2D eigenvalue weighted by atomic mass is 16.3. The molecule has 2 N–H and O–H groups in total. The van der Waals surface area contributed by atoms with Gasteiger partial charge in [0.05, 0.1) is 0 Å². The molecule has 1 amide bonds. The second-order valence-corrected chi connectivity index (χ2v) is 8.25. The molecule has 7 heteroatoms. The summed E-state index contributed by atoms with van der Waals surface area (Å²) in [6.07, 6.45) is 9.04. The van der Waals surface area contributed by atoms with Crippen LogP contribution in [-0.4, -0.2) is 66.4 Å². The number of amides is 1. The highest BCUT2D eigenvalue weighted by Crippen LogP contribution is 2.22. The number of nitrogens with zero attached hydrogens (tertiary/aromatic N) is 4. The number of benzene rings is 1. The highest BCUT2D eigenvalue weighted by molar-refractivity contribution is 5.79. The number of piperidine rings is 1. The number of likely N-dealkylation sites (tertiary alicyclic amines) is 1. The average Bonchev–Trinajstić information content (AvgIpc) is 2.80. The van der Waals surface area contributed by atoms with Crippen molar-refractivity contribution in [2.24, 2.45) is 16.8 Å². The third-order valence-corrected chi connectivity index (χ3v) is 6.12. The summed E-state index contributed by atoms with van der Waals surface area (Å²) in [5.41, 5.74) is 8.28. The van der Waals surface area contributed by atoms with Crippen LogP contribution in [0.3, 0.4) is 0 Å². The van der Waals surface area contributed by atoms with Crippen LogP contribution < -0.4 is 5.73 Å². The zero-order chi connectivity index (χ0) is 22.1. The Morgan fingerprint density at radius 3 is 2.32 bits per heavy atom. The molecule has 1 aromatic carbocycles. The van der Waals surface area contributed by atoms with E-state index in [9.17, 15) is 9.70 Å². The maximum atomic E-state index is 13.0. The van der Waals surface area contributed by atoms with Crippen molar-refractivity contribution in [2.45, 2.75) is 19.4 Å². The zero-order valence-electron chi connectivity index (χ0n) is 18.2. The molecule has 7 nitrogen and oxygen atoms in total. The Hall–Kier alpha value is -2.77. The third kappa shape index (κ3) is 6.60. The molecular formula is C24H33N5O2. The number of allylic oxidation sites excluding steroid dienone is 2. The second kappa shape index (κ2) is 11.6. The van der Waals surface area contributed by atoms with Crippen LogP contribution in [0.5, 0.6) is 0 Å². The predicted molar refractivity (Wildman–Crippen MR) is 125 cm³/mol. The van der Waals surface area contributed by atoms with Crippen molar-refractivity contribution >= 4 is 11.6 Å². The summed E-state index contributed by atoms with van der Waals surface area (Å²) >= 11 is 0. The van der Waals surface area contributed by atoms with Gasteiger partial charge in [-0.2, -0.15) is 0 Å². The Kier molecular flexibility index (Phi) is 8.55. The van der Waals surface area contributed by atoms with E-state index < -0.39 is 0 Å². The van der Waals surface area contributed by atoms with Crippen molar-refractivity contribution in [3.8, 4) is 0 Å². The number of nitrogens with two attached hydrogens (primary N) is 1. The van der Waals surface area contributed by atoms with Crippen LogP contribution in [0.25, 0.3) is 0 Å². The summed E-state index contributed by atoms with van der Waals surface area (Å²) in [6.45, 7) is 10.6. The number of rotatable bonds is 8. The highest BCUT2D eigenvalue weighted by Gasteiger charge is 2.30. The molecule has 0 saturated carbocycles. The first kappa shape index (κ1) is 22.9. The van der Waals surface area contributed by atoms with Crippen LogP contribution >= 0.6 is 0 Å². The van der Waals surface area contributed by atoms with Gasteiger partial charge >= 0.3 is 0 Å². The number of hydrogen-bond acceptors (Lipinski definition) is 6. The van der Waals surface area contributed by atoms with Gasteiger partial charge in [-0.25, -0.2) is 0 Å². The van der Waals surface area contributed by atoms with Gasteiger partial charge < -0.3 is 10.6 Å². The standard InChI is InChI=1S/C24H33N5O2/c1-2-3-20(8-11-25)18-27-12-9-22(10-13-27)24(30)29-16-14-28(15-17-29)19-21-4-6-23(26-31)7-5-21/h2-8,11,22H,1,9-10,12-19,25H2/b11-8-,20-3+. The van der Waals surface area contributed by atoms with Crippen LogP contribution in [0.2, 0.25) is 0 Å². The molecule has 0 aromatic heterocycles. The minimum Gasteiger partial charge on any atom is -0.405 e. The first-order valence-corrected chi connectivity index (χ1v) is 11.0. The third-order valence-electron chi connectivity index (χ3n) is 6.12. The van der Waals surface area contributed by atoms with Crippen molar-refractivity contribution in [1.29, 1.82) is 0 Å². The molecule has 1 aromatic rings. The molecule has 3 rings (SSSR count). The Morgan fingerprint density at radius 1 is 1.06 bits per heavy atom. The van der Waals surface area contributed by atoms with Gasteiger partial charge in [-0.3, -0.25) is 14.6 Å². The van der Waals surface area contributed by atoms with E-state index in [1.54, 1.807) is 24.4 Å². The van der Waals surface area contributed by atoms with Gasteiger partial charge in [0.2, 0.25) is 5.91 Å². The largest absolute Gasteiger partial charge is 0.405 e. The lowest BCUT2D eigenvalue weighted by molar-refractivity contribution is -0.138. The lowest BCUT2D eigenvalue weighted by atomic mass is 9.94. The molecule has 2 heterocycles. The lowest BCUT2D eigenvalue weighted by Gasteiger charge is -2.38. The average molecular weight is 424 g/mol. The van der Waals surface area contributed by atoms with Crippen LogP contribution in [0.15, 0.2) is 66.0 Å². The minimum absolute atomic E-state index is 0.128. The van der Waals surface area contributed by atoms with E-state index in [4.69, 9.17) is 5.73 Å². The van der Waals surface area contributed by atoms with Crippen molar-refractivity contribution < 1.29 is 4.79 Å². The van der Waals surface area contributed by atoms with Crippen LogP contribution in [0, 0.1) is 10.8 Å². The molecule has 0 spiro atoms. The zero-order valence-corrected chi connectivity index (χ0v) is 18.2. The van der Waals surface area contributed by atoms with Crippen LogP contribution in [-0.2, 0) is 11.3 Å². The fourth-order valence-corrected chi connectivity index (χ4v) is 4.34. The molecule has 0 atom stereocenters. The Labute approximate surface area is 184 Å². The SMILES string of the molecule is C=C/C=C(\C=C/N)CN1CCC(C(=O)N2CCN(Cc3ccc(N=O)cc3)CC2)CC1. The molecule has 0 unspecified atom stereocenters. The summed E-state index contributed by atoms with van der Waals surface area (Å²) in [5.74, 6) is 0.437. The van der Waals surface area contributed by atoms with Gasteiger partial charge in [0.25, 0.3) is 0 Å². The quantitative estimate of drug-likeness (QED) is 0.513. The van der Waals surface area contributed by atoms with Crippen LogP contribution in [0.4, 0.5) is 5.69 Å². The molecule has 2 aliphatic rings. The summed E-state index contributed by atoms with van der Waals surface area (Å²) < 4.78 is 0. The maximum Gasteiger partial charge on any atom is 0.225 e. The summed E-state index contributed by atoms with van der Waals surface area (Å²) in [4.78, 5) is 30.3. The summed E-state index contributed by atoms with van der Waals surface area (Å²) in [5, 5.41) is 2.94. The molecule has 2 saturated heterocycles. The summed E-state index contributed by atoms with van der Waals surface area (Å²) in [7, 11) is 0. The normalized spacial score (nSPS) is 19.6. The van der Waals surface area contributed by atoms with E-state index in [1.165, 1.54) is 0 Å². The predicted octanol–water partition coefficient (Wildman–Crippen LogP) is 3.03. The van der Waals surface area contributed by atoms with E-state index in [-0.39, 0.29) is 5.92 Å². The molecule has 0 radical (unpaired) electrons. The number of carbonyl (C=O) groups is 1.